The van der Waals surface area contributed by atoms with E-state index in [1.54, 1.807) is 0 Å². The molecule has 15 heavy (non-hydrogen) atoms. The number of ketones is 1. The number of alkyl halides is 1. The van der Waals surface area contributed by atoms with Gasteiger partial charge in [-0.1, -0.05) is 19.8 Å². The first-order chi connectivity index (χ1) is 6.93. The molecule has 0 aliphatic rings. The van der Waals surface area contributed by atoms with Gasteiger partial charge >= 0.3 is 7.60 Å². The van der Waals surface area contributed by atoms with E-state index < -0.39 is 25.7 Å². The number of rotatable bonds is 8. The zero-order chi connectivity index (χ0) is 11.9. The maximum Gasteiger partial charge on any atom is 0.335 e. The summed E-state index contributed by atoms with van der Waals surface area (Å²) in [6.45, 7) is 3.46. The molecule has 0 fully saturated rings. The largest absolute Gasteiger partial charge is 0.335 e. The van der Waals surface area contributed by atoms with E-state index in [0.29, 0.717) is 6.42 Å². The first kappa shape index (κ1) is 14.8. The molecule has 6 heteroatoms. The fraction of sp³-hybridized carbons (Fsp3) is 0.889. The predicted molar refractivity (Wildman–Crippen MR) is 55.7 cm³/mol. The van der Waals surface area contributed by atoms with Crippen LogP contribution in [0.2, 0.25) is 0 Å². The molecule has 0 aromatic carbocycles. The molecular weight excluding hydrogens is 222 g/mol. The molecule has 0 aromatic heterocycles. The first-order valence-electron chi connectivity index (χ1n) is 5.06. The van der Waals surface area contributed by atoms with Crippen LogP contribution in [0, 0.1) is 0 Å². The summed E-state index contributed by atoms with van der Waals surface area (Å²) in [6, 6.07) is 0. The molecule has 0 amide bonds. The third-order valence-electron chi connectivity index (χ3n) is 1.85. The van der Waals surface area contributed by atoms with Gasteiger partial charge in [0.05, 0.1) is 6.61 Å². The fourth-order valence-electron chi connectivity index (χ4n) is 1.09. The van der Waals surface area contributed by atoms with Gasteiger partial charge in [0.1, 0.15) is 6.16 Å². The molecule has 0 rings (SSSR count). The van der Waals surface area contributed by atoms with Crippen molar-refractivity contribution in [3.05, 3.63) is 0 Å². The fourth-order valence-corrected chi connectivity index (χ4v) is 2.17. The van der Waals surface area contributed by atoms with Crippen LogP contribution in [0.1, 0.15) is 33.1 Å². The molecule has 0 aliphatic carbocycles. The number of hydrogen-bond acceptors (Lipinski definition) is 3. The summed E-state index contributed by atoms with van der Waals surface area (Å²) in [7, 11) is -3.92. The Bertz CT molecular complexity index is 244. The molecular formula is C9H18FO4P. The number of halogens is 1. The Morgan fingerprint density at radius 3 is 2.60 bits per heavy atom. The molecule has 0 saturated heterocycles. The Morgan fingerprint density at radius 2 is 2.13 bits per heavy atom. The molecule has 1 N–H and O–H groups in total. The van der Waals surface area contributed by atoms with Crippen LogP contribution in [-0.2, 0) is 13.9 Å². The number of carbonyl (C=O) groups is 1. The van der Waals surface area contributed by atoms with E-state index in [-0.39, 0.29) is 13.0 Å². The number of Topliss-reactive ketones (excluding diaryl/α,β-unsaturated/α-hetero) is 1. The standard InChI is InChI=1S/C9H18FO4P/c1-3-5-6-8(10)9(11)7-15(12,13)14-4-2/h8H,3-7H2,1-2H3,(H,12,13). The highest BCUT2D eigenvalue weighted by molar-refractivity contribution is 7.53. The van der Waals surface area contributed by atoms with E-state index >= 15 is 0 Å². The molecule has 0 bridgehead atoms. The Hall–Kier alpha value is -0.250. The SMILES string of the molecule is CCCCC(F)C(=O)CP(=O)(O)OCC. The summed E-state index contributed by atoms with van der Waals surface area (Å²) in [5.41, 5.74) is 0. The zero-order valence-corrected chi connectivity index (χ0v) is 10.0. The van der Waals surface area contributed by atoms with Crippen molar-refractivity contribution in [3.8, 4) is 0 Å². The lowest BCUT2D eigenvalue weighted by Crippen LogP contribution is -2.20. The van der Waals surface area contributed by atoms with Gasteiger partial charge in [0.15, 0.2) is 12.0 Å². The minimum Gasteiger partial charge on any atom is -0.324 e. The second-order valence-electron chi connectivity index (χ2n) is 3.29. The van der Waals surface area contributed by atoms with Crippen molar-refractivity contribution in [1.29, 1.82) is 0 Å². The highest BCUT2D eigenvalue weighted by atomic mass is 31.2. The Kier molecular flexibility index (Phi) is 6.98. The lowest BCUT2D eigenvalue weighted by molar-refractivity contribution is -0.121. The molecule has 4 nitrogen and oxygen atoms in total. The summed E-state index contributed by atoms with van der Waals surface area (Å²) in [6.07, 6.45) is -0.883. The molecule has 0 radical (unpaired) electrons. The highest BCUT2D eigenvalue weighted by Crippen LogP contribution is 2.41. The van der Waals surface area contributed by atoms with E-state index in [4.69, 9.17) is 4.89 Å². The van der Waals surface area contributed by atoms with Crippen molar-refractivity contribution in [1.82, 2.24) is 0 Å². The van der Waals surface area contributed by atoms with E-state index in [9.17, 15) is 13.8 Å². The van der Waals surface area contributed by atoms with Gasteiger partial charge in [0.2, 0.25) is 0 Å². The molecule has 0 saturated carbocycles. The maximum absolute atomic E-state index is 13.1. The van der Waals surface area contributed by atoms with Crippen molar-refractivity contribution in [2.24, 2.45) is 0 Å². The third kappa shape index (κ3) is 6.77. The molecule has 0 aromatic rings. The van der Waals surface area contributed by atoms with Crippen LogP contribution in [-0.4, -0.2) is 29.6 Å². The van der Waals surface area contributed by atoms with Crippen LogP contribution in [0.15, 0.2) is 0 Å². The van der Waals surface area contributed by atoms with E-state index in [1.165, 1.54) is 6.92 Å². The first-order valence-corrected chi connectivity index (χ1v) is 6.82. The van der Waals surface area contributed by atoms with Crippen LogP contribution in [0.25, 0.3) is 0 Å². The minimum absolute atomic E-state index is 0.0347. The number of carbonyl (C=O) groups excluding carboxylic acids is 1. The topological polar surface area (TPSA) is 63.6 Å². The third-order valence-corrected chi connectivity index (χ3v) is 3.22. The summed E-state index contributed by atoms with van der Waals surface area (Å²) >= 11 is 0. The Labute approximate surface area is 89.4 Å². The summed E-state index contributed by atoms with van der Waals surface area (Å²) in [4.78, 5) is 20.3. The smallest absolute Gasteiger partial charge is 0.324 e. The second kappa shape index (κ2) is 7.09. The van der Waals surface area contributed by atoms with Crippen molar-refractivity contribution >= 4 is 13.4 Å². The summed E-state index contributed by atoms with van der Waals surface area (Å²) in [5.74, 6) is -0.845. The lowest BCUT2D eigenvalue weighted by Gasteiger charge is -2.11. The molecule has 2 atom stereocenters. The quantitative estimate of drug-likeness (QED) is 0.661. The average Bonchev–Trinajstić information content (AvgIpc) is 2.13. The van der Waals surface area contributed by atoms with Crippen LogP contribution in [0.4, 0.5) is 4.39 Å². The van der Waals surface area contributed by atoms with Gasteiger partial charge < -0.3 is 9.42 Å². The summed E-state index contributed by atoms with van der Waals surface area (Å²) < 4.78 is 28.7. The van der Waals surface area contributed by atoms with Crippen LogP contribution < -0.4 is 0 Å². The molecule has 2 unspecified atom stereocenters. The number of unbranched alkanes of at least 4 members (excludes halogenated alkanes) is 1. The van der Waals surface area contributed by atoms with Gasteiger partial charge in [-0.05, 0) is 13.3 Å². The monoisotopic (exact) mass is 240 g/mol. The Balaban J connectivity index is 4.06. The van der Waals surface area contributed by atoms with Gasteiger partial charge in [-0.25, -0.2) is 4.39 Å². The van der Waals surface area contributed by atoms with Crippen molar-refractivity contribution in [2.75, 3.05) is 12.8 Å². The summed E-state index contributed by atoms with van der Waals surface area (Å²) in [5, 5.41) is 0. The van der Waals surface area contributed by atoms with Gasteiger partial charge in [0, 0.05) is 0 Å². The van der Waals surface area contributed by atoms with Crippen LogP contribution in [0.3, 0.4) is 0 Å². The van der Waals surface area contributed by atoms with Gasteiger partial charge in [-0.15, -0.1) is 0 Å². The lowest BCUT2D eigenvalue weighted by atomic mass is 10.1. The second-order valence-corrected chi connectivity index (χ2v) is 5.14. The van der Waals surface area contributed by atoms with Crippen LogP contribution in [0.5, 0.6) is 0 Å². The van der Waals surface area contributed by atoms with E-state index in [2.05, 4.69) is 4.52 Å². The average molecular weight is 240 g/mol. The van der Waals surface area contributed by atoms with Crippen LogP contribution >= 0.6 is 7.60 Å². The van der Waals surface area contributed by atoms with Gasteiger partial charge in [-0.2, -0.15) is 0 Å². The molecule has 0 aliphatic heterocycles. The number of hydrogen-bond donors (Lipinski definition) is 1. The van der Waals surface area contributed by atoms with Gasteiger partial charge in [0.25, 0.3) is 0 Å². The molecule has 0 spiro atoms. The zero-order valence-electron chi connectivity index (χ0n) is 9.11. The molecule has 0 heterocycles. The van der Waals surface area contributed by atoms with Crippen molar-refractivity contribution < 1.29 is 23.2 Å². The molecule has 90 valence electrons. The highest BCUT2D eigenvalue weighted by Gasteiger charge is 2.28. The normalized spacial score (nSPS) is 17.1. The van der Waals surface area contributed by atoms with E-state index in [0.717, 1.165) is 6.42 Å². The van der Waals surface area contributed by atoms with Gasteiger partial charge in [-0.3, -0.25) is 9.36 Å². The van der Waals surface area contributed by atoms with E-state index in [1.807, 2.05) is 6.92 Å². The minimum atomic E-state index is -3.92. The van der Waals surface area contributed by atoms with Crippen molar-refractivity contribution in [3.63, 3.8) is 0 Å². The maximum atomic E-state index is 13.1. The Morgan fingerprint density at radius 1 is 1.53 bits per heavy atom. The predicted octanol–water partition coefficient (Wildman–Crippen LogP) is 2.31. The van der Waals surface area contributed by atoms with Crippen molar-refractivity contribution in [2.45, 2.75) is 39.3 Å².